The molecule has 1 aliphatic rings. The Kier molecular flexibility index (Phi) is 3.42. The number of halogens is 2. The van der Waals surface area contributed by atoms with Crippen LogP contribution in [0.3, 0.4) is 0 Å². The van der Waals surface area contributed by atoms with Gasteiger partial charge in [0.2, 0.25) is 0 Å². The van der Waals surface area contributed by atoms with E-state index in [1.54, 1.807) is 17.8 Å². The molecule has 19 heavy (non-hydrogen) atoms. The molecule has 0 aliphatic carbocycles. The van der Waals surface area contributed by atoms with Crippen molar-refractivity contribution in [3.8, 4) is 0 Å². The SMILES string of the molecule is Fc1cccc(NC2CCSc3ccccc32)c1F. The third kappa shape index (κ3) is 2.45. The van der Waals surface area contributed by atoms with Crippen molar-refractivity contribution in [3.05, 3.63) is 59.7 Å². The highest BCUT2D eigenvalue weighted by atomic mass is 32.2. The summed E-state index contributed by atoms with van der Waals surface area (Å²) in [6.45, 7) is 0. The van der Waals surface area contributed by atoms with E-state index in [-0.39, 0.29) is 11.7 Å². The molecule has 1 atom stereocenters. The van der Waals surface area contributed by atoms with E-state index in [4.69, 9.17) is 0 Å². The quantitative estimate of drug-likeness (QED) is 0.860. The Morgan fingerprint density at radius 1 is 1.05 bits per heavy atom. The molecule has 1 nitrogen and oxygen atoms in total. The van der Waals surface area contributed by atoms with Crippen molar-refractivity contribution in [3.63, 3.8) is 0 Å². The molecule has 1 heterocycles. The van der Waals surface area contributed by atoms with Gasteiger partial charge in [-0.25, -0.2) is 8.78 Å². The maximum Gasteiger partial charge on any atom is 0.181 e. The van der Waals surface area contributed by atoms with Crippen LogP contribution in [0.15, 0.2) is 47.4 Å². The molecule has 98 valence electrons. The standard InChI is InChI=1S/C15H13F2NS/c16-11-5-3-6-13(15(11)17)18-12-8-9-19-14-7-2-1-4-10(12)14/h1-7,12,18H,8-9H2. The third-order valence-corrected chi connectivity index (χ3v) is 4.36. The fourth-order valence-electron chi connectivity index (χ4n) is 2.29. The summed E-state index contributed by atoms with van der Waals surface area (Å²) in [5, 5.41) is 3.12. The zero-order valence-corrected chi connectivity index (χ0v) is 11.0. The van der Waals surface area contributed by atoms with Gasteiger partial charge in [-0.1, -0.05) is 24.3 Å². The van der Waals surface area contributed by atoms with Gasteiger partial charge in [0.05, 0.1) is 11.7 Å². The van der Waals surface area contributed by atoms with E-state index in [1.165, 1.54) is 11.0 Å². The lowest BCUT2D eigenvalue weighted by molar-refractivity contribution is 0.509. The first-order chi connectivity index (χ1) is 9.25. The smallest absolute Gasteiger partial charge is 0.181 e. The largest absolute Gasteiger partial charge is 0.376 e. The molecule has 1 unspecified atom stereocenters. The van der Waals surface area contributed by atoms with Crippen molar-refractivity contribution >= 4 is 17.4 Å². The zero-order valence-electron chi connectivity index (χ0n) is 10.2. The van der Waals surface area contributed by atoms with Crippen LogP contribution >= 0.6 is 11.8 Å². The molecule has 1 aliphatic heterocycles. The molecule has 0 fully saturated rings. The highest BCUT2D eigenvalue weighted by Gasteiger charge is 2.21. The Hall–Kier alpha value is -1.55. The molecule has 0 saturated heterocycles. The average molecular weight is 277 g/mol. The Morgan fingerprint density at radius 3 is 2.79 bits per heavy atom. The van der Waals surface area contributed by atoms with Crippen LogP contribution in [0.2, 0.25) is 0 Å². The van der Waals surface area contributed by atoms with Crippen LogP contribution in [0.1, 0.15) is 18.0 Å². The van der Waals surface area contributed by atoms with Crippen molar-refractivity contribution in [1.29, 1.82) is 0 Å². The molecule has 0 aromatic heterocycles. The van der Waals surface area contributed by atoms with E-state index in [1.807, 2.05) is 18.2 Å². The molecular formula is C15H13F2NS. The van der Waals surface area contributed by atoms with Gasteiger partial charge in [-0.2, -0.15) is 0 Å². The van der Waals surface area contributed by atoms with Crippen LogP contribution in [-0.4, -0.2) is 5.75 Å². The van der Waals surface area contributed by atoms with Crippen LogP contribution in [0.5, 0.6) is 0 Å². The Bertz CT molecular complexity index is 600. The Balaban J connectivity index is 1.91. The van der Waals surface area contributed by atoms with E-state index in [2.05, 4.69) is 11.4 Å². The summed E-state index contributed by atoms with van der Waals surface area (Å²) in [5.74, 6) is -0.646. The molecule has 4 heteroatoms. The number of benzene rings is 2. The van der Waals surface area contributed by atoms with Crippen molar-refractivity contribution < 1.29 is 8.78 Å². The summed E-state index contributed by atoms with van der Waals surface area (Å²) >= 11 is 1.80. The Labute approximate surface area is 115 Å². The maximum atomic E-state index is 13.7. The number of fused-ring (bicyclic) bond motifs is 1. The summed E-state index contributed by atoms with van der Waals surface area (Å²) < 4.78 is 26.9. The van der Waals surface area contributed by atoms with Gasteiger partial charge in [0, 0.05) is 10.6 Å². The lowest BCUT2D eigenvalue weighted by Gasteiger charge is -2.26. The molecule has 3 rings (SSSR count). The monoisotopic (exact) mass is 277 g/mol. The van der Waals surface area contributed by atoms with Gasteiger partial charge in [0.25, 0.3) is 0 Å². The first kappa shape index (κ1) is 12.5. The van der Waals surface area contributed by atoms with Crippen molar-refractivity contribution in [2.24, 2.45) is 0 Å². The second-order valence-electron chi connectivity index (χ2n) is 4.47. The van der Waals surface area contributed by atoms with Crippen molar-refractivity contribution in [2.45, 2.75) is 17.4 Å². The van der Waals surface area contributed by atoms with Gasteiger partial charge in [-0.15, -0.1) is 11.8 Å². The lowest BCUT2D eigenvalue weighted by Crippen LogP contribution is -2.16. The molecule has 0 saturated carbocycles. The Morgan fingerprint density at radius 2 is 1.89 bits per heavy atom. The van der Waals surface area contributed by atoms with Crippen molar-refractivity contribution in [1.82, 2.24) is 0 Å². The molecule has 0 radical (unpaired) electrons. The number of hydrogen-bond donors (Lipinski definition) is 1. The highest BCUT2D eigenvalue weighted by molar-refractivity contribution is 7.99. The minimum atomic E-state index is -0.816. The second-order valence-corrected chi connectivity index (χ2v) is 5.61. The zero-order chi connectivity index (χ0) is 13.2. The first-order valence-electron chi connectivity index (χ1n) is 6.18. The summed E-state index contributed by atoms with van der Waals surface area (Å²) in [5.41, 5.74) is 1.38. The summed E-state index contributed by atoms with van der Waals surface area (Å²) in [6.07, 6.45) is 0.900. The maximum absolute atomic E-state index is 13.7. The van der Waals surface area contributed by atoms with E-state index < -0.39 is 11.6 Å². The molecule has 2 aromatic carbocycles. The molecule has 1 N–H and O–H groups in total. The molecular weight excluding hydrogens is 264 g/mol. The average Bonchev–Trinajstić information content (AvgIpc) is 2.44. The van der Waals surface area contributed by atoms with E-state index in [0.29, 0.717) is 0 Å². The first-order valence-corrected chi connectivity index (χ1v) is 7.16. The predicted octanol–water partition coefficient (Wildman–Crippen LogP) is 4.61. The summed E-state index contributed by atoms with van der Waals surface area (Å²) in [4.78, 5) is 1.21. The number of anilines is 1. The molecule has 0 spiro atoms. The molecule has 0 amide bonds. The van der Waals surface area contributed by atoms with E-state index in [0.717, 1.165) is 23.8 Å². The number of thioether (sulfide) groups is 1. The van der Waals surface area contributed by atoms with Crippen LogP contribution < -0.4 is 5.32 Å². The van der Waals surface area contributed by atoms with Gasteiger partial charge >= 0.3 is 0 Å². The topological polar surface area (TPSA) is 12.0 Å². The predicted molar refractivity (Wildman–Crippen MR) is 74.5 cm³/mol. The minimum absolute atomic E-state index is 0.0359. The van der Waals surface area contributed by atoms with Crippen LogP contribution in [0, 0.1) is 11.6 Å². The number of hydrogen-bond acceptors (Lipinski definition) is 2. The van der Waals surface area contributed by atoms with E-state index in [9.17, 15) is 8.78 Å². The fourth-order valence-corrected chi connectivity index (χ4v) is 3.42. The van der Waals surface area contributed by atoms with Gasteiger partial charge in [0.15, 0.2) is 11.6 Å². The number of nitrogens with one attached hydrogen (secondary N) is 1. The van der Waals surface area contributed by atoms with Gasteiger partial charge < -0.3 is 5.32 Å². The fraction of sp³-hybridized carbons (Fsp3) is 0.200. The minimum Gasteiger partial charge on any atom is -0.376 e. The normalized spacial score (nSPS) is 17.9. The molecule has 0 bridgehead atoms. The van der Waals surface area contributed by atoms with Gasteiger partial charge in [-0.3, -0.25) is 0 Å². The van der Waals surface area contributed by atoms with Crippen LogP contribution in [-0.2, 0) is 0 Å². The van der Waals surface area contributed by atoms with Crippen LogP contribution in [0.25, 0.3) is 0 Å². The summed E-state index contributed by atoms with van der Waals surface area (Å²) in [6, 6.07) is 12.3. The third-order valence-electron chi connectivity index (χ3n) is 3.24. The van der Waals surface area contributed by atoms with E-state index >= 15 is 0 Å². The number of rotatable bonds is 2. The van der Waals surface area contributed by atoms with Crippen molar-refractivity contribution in [2.75, 3.05) is 11.1 Å². The van der Waals surface area contributed by atoms with Crippen LogP contribution in [0.4, 0.5) is 14.5 Å². The lowest BCUT2D eigenvalue weighted by atomic mass is 10.0. The van der Waals surface area contributed by atoms with Gasteiger partial charge in [0.1, 0.15) is 0 Å². The summed E-state index contributed by atoms with van der Waals surface area (Å²) in [7, 11) is 0. The van der Waals surface area contributed by atoms with Gasteiger partial charge in [-0.05, 0) is 30.2 Å². The highest BCUT2D eigenvalue weighted by Crippen LogP contribution is 2.38. The molecule has 2 aromatic rings. The second kappa shape index (κ2) is 5.21.